The molecule has 0 aliphatic carbocycles. The van der Waals surface area contributed by atoms with Gasteiger partial charge in [-0.1, -0.05) is 62.7 Å². The zero-order valence-corrected chi connectivity index (χ0v) is 27.3. The number of hydrogen-bond donors (Lipinski definition) is 0. The molecule has 1 saturated heterocycles. The number of aromatic nitrogens is 1. The molecule has 0 spiro atoms. The number of Topliss-reactive ketones (excluding diaryl/α,β-unsaturated/α-hetero) is 1. The van der Waals surface area contributed by atoms with Crippen LogP contribution in [-0.2, 0) is 22.7 Å². The molecular weight excluding hydrogens is 570 g/mol. The fourth-order valence-electron chi connectivity index (χ4n) is 5.18. The van der Waals surface area contributed by atoms with Crippen LogP contribution < -0.4 is 24.2 Å². The van der Waals surface area contributed by atoms with E-state index in [4.69, 9.17) is 14.2 Å². The van der Waals surface area contributed by atoms with Crippen molar-refractivity contribution in [3.05, 3.63) is 114 Å². The zero-order chi connectivity index (χ0) is 31.4. The van der Waals surface area contributed by atoms with Crippen LogP contribution >= 0.6 is 11.3 Å². The summed E-state index contributed by atoms with van der Waals surface area (Å²) < 4.78 is 20.5. The number of ether oxygens (including phenoxy) is 3. The van der Waals surface area contributed by atoms with Crippen molar-refractivity contribution in [1.82, 2.24) is 4.57 Å². The Morgan fingerprint density at radius 1 is 1.02 bits per heavy atom. The van der Waals surface area contributed by atoms with Crippen molar-refractivity contribution >= 4 is 29.3 Å². The van der Waals surface area contributed by atoms with Gasteiger partial charge in [-0.15, -0.1) is 11.3 Å². The van der Waals surface area contributed by atoms with Crippen LogP contribution in [0.4, 0.5) is 0 Å². The molecule has 0 amide bonds. The number of carbonyl (C=O) groups is 1. The summed E-state index contributed by atoms with van der Waals surface area (Å²) in [7, 11) is 0. The Labute approximate surface area is 263 Å². The van der Waals surface area contributed by atoms with Crippen molar-refractivity contribution in [2.45, 2.75) is 67.2 Å². The smallest absolute Gasteiger partial charge is 0.269 e. The highest BCUT2D eigenvalue weighted by molar-refractivity contribution is 7.07. The highest BCUT2D eigenvalue weighted by Crippen LogP contribution is 2.26. The summed E-state index contributed by atoms with van der Waals surface area (Å²) in [4.78, 5) is 26.8. The second-order valence-corrected chi connectivity index (χ2v) is 13.7. The largest absolute Gasteiger partial charge is 0.488 e. The van der Waals surface area contributed by atoms with Crippen molar-refractivity contribution in [3.63, 3.8) is 0 Å². The number of carbonyl (C=O) groups excluding carboxylic acids is 1. The molecule has 1 atom stereocenters. The molecule has 7 heteroatoms. The van der Waals surface area contributed by atoms with Crippen LogP contribution in [0.3, 0.4) is 0 Å². The molecule has 1 aliphatic heterocycles. The molecule has 0 radical (unpaired) electrons. The van der Waals surface area contributed by atoms with Crippen LogP contribution in [-0.4, -0.2) is 29.7 Å². The van der Waals surface area contributed by atoms with E-state index in [9.17, 15) is 9.59 Å². The molecule has 1 aromatic heterocycles. The van der Waals surface area contributed by atoms with Crippen LogP contribution in [0.2, 0.25) is 0 Å². The summed E-state index contributed by atoms with van der Waals surface area (Å²) in [5.41, 5.74) is 5.52. The third-order valence-electron chi connectivity index (χ3n) is 7.63. The van der Waals surface area contributed by atoms with Gasteiger partial charge in [-0.3, -0.25) is 14.2 Å². The highest BCUT2D eigenvalue weighted by atomic mass is 32.1. The minimum Gasteiger partial charge on any atom is -0.488 e. The van der Waals surface area contributed by atoms with Gasteiger partial charge in [0, 0.05) is 17.9 Å². The summed E-state index contributed by atoms with van der Waals surface area (Å²) in [5.74, 6) is 1.61. The lowest BCUT2D eigenvalue weighted by atomic mass is 9.91. The second-order valence-electron chi connectivity index (χ2n) is 12.6. The standard InChI is InChI=1S/C37H41NO5S/c1-24-8-7-9-28(16-24)22-42-35-25(2)17-29(18-26(35)3)19-32-36(40)38(34(44-32)20-33(39)37(4,5)6)21-27-10-12-30(13-11-27)43-31-14-15-41-23-31/h7-13,16-20,31H,14-15,21-23H2,1-6H3/b32-19+,34-20+. The van der Waals surface area contributed by atoms with Crippen LogP contribution in [0.25, 0.3) is 12.2 Å². The minimum absolute atomic E-state index is 0.0246. The van der Waals surface area contributed by atoms with E-state index in [-0.39, 0.29) is 17.4 Å². The van der Waals surface area contributed by atoms with Crippen molar-refractivity contribution in [2.24, 2.45) is 5.41 Å². The fraction of sp³-hybridized carbons (Fsp3) is 0.351. The molecule has 0 bridgehead atoms. The van der Waals surface area contributed by atoms with E-state index < -0.39 is 5.41 Å². The maximum absolute atomic E-state index is 13.8. The predicted molar refractivity (Wildman–Crippen MR) is 177 cm³/mol. The Hall–Kier alpha value is -3.94. The van der Waals surface area contributed by atoms with Crippen LogP contribution in [0.1, 0.15) is 60.6 Å². The van der Waals surface area contributed by atoms with E-state index in [1.165, 1.54) is 16.9 Å². The Bertz CT molecular complexity index is 1800. The molecule has 230 valence electrons. The zero-order valence-electron chi connectivity index (χ0n) is 26.4. The van der Waals surface area contributed by atoms with Gasteiger partial charge in [-0.2, -0.15) is 0 Å². The number of benzene rings is 3. The van der Waals surface area contributed by atoms with Gasteiger partial charge in [-0.05, 0) is 78.9 Å². The first-order chi connectivity index (χ1) is 21.0. The molecule has 5 rings (SSSR count). The molecule has 6 nitrogen and oxygen atoms in total. The molecule has 4 aromatic rings. The third kappa shape index (κ3) is 7.76. The summed E-state index contributed by atoms with van der Waals surface area (Å²) in [6.07, 6.45) is 4.48. The SMILES string of the molecule is Cc1cccc(COc2c(C)cc(/C=c3/s/c(=C/C(=O)C(C)(C)C)n(Cc4ccc(OC5CCOC5)cc4)c3=O)cc2C)c1. The average Bonchev–Trinajstić information content (AvgIpc) is 3.57. The molecule has 44 heavy (non-hydrogen) atoms. The van der Waals surface area contributed by atoms with E-state index in [0.717, 1.165) is 52.3 Å². The maximum atomic E-state index is 13.8. The van der Waals surface area contributed by atoms with Gasteiger partial charge < -0.3 is 14.2 Å². The van der Waals surface area contributed by atoms with E-state index in [1.54, 1.807) is 10.6 Å². The topological polar surface area (TPSA) is 66.8 Å². The number of ketones is 1. The summed E-state index contributed by atoms with van der Waals surface area (Å²) in [5, 5.41) is 0. The van der Waals surface area contributed by atoms with Gasteiger partial charge in [0.05, 0.1) is 24.3 Å². The van der Waals surface area contributed by atoms with E-state index in [0.29, 0.717) is 29.0 Å². The Kier molecular flexibility index (Phi) is 9.56. The lowest BCUT2D eigenvalue weighted by Gasteiger charge is -2.13. The number of hydrogen-bond acceptors (Lipinski definition) is 6. The third-order valence-corrected chi connectivity index (χ3v) is 8.69. The van der Waals surface area contributed by atoms with E-state index in [1.807, 2.05) is 83.2 Å². The average molecular weight is 612 g/mol. The van der Waals surface area contributed by atoms with Gasteiger partial charge in [0.1, 0.15) is 28.9 Å². The number of thiazole rings is 1. The van der Waals surface area contributed by atoms with E-state index in [2.05, 4.69) is 25.1 Å². The lowest BCUT2D eigenvalue weighted by molar-refractivity contribution is -0.120. The van der Waals surface area contributed by atoms with Gasteiger partial charge in [0.25, 0.3) is 5.56 Å². The molecule has 0 N–H and O–H groups in total. The lowest BCUT2D eigenvalue weighted by Crippen LogP contribution is -2.32. The van der Waals surface area contributed by atoms with Gasteiger partial charge in [0.15, 0.2) is 5.78 Å². The van der Waals surface area contributed by atoms with Crippen LogP contribution in [0.15, 0.2) is 65.5 Å². The minimum atomic E-state index is -0.555. The fourth-order valence-corrected chi connectivity index (χ4v) is 6.22. The van der Waals surface area contributed by atoms with Crippen molar-refractivity contribution in [1.29, 1.82) is 0 Å². The van der Waals surface area contributed by atoms with Crippen molar-refractivity contribution in [3.8, 4) is 11.5 Å². The summed E-state index contributed by atoms with van der Waals surface area (Å²) in [6.45, 7) is 14.0. The molecular formula is C37H41NO5S. The molecule has 1 fully saturated rings. The van der Waals surface area contributed by atoms with E-state index >= 15 is 0 Å². The van der Waals surface area contributed by atoms with Crippen molar-refractivity contribution < 1.29 is 19.0 Å². The first-order valence-electron chi connectivity index (χ1n) is 15.1. The highest BCUT2D eigenvalue weighted by Gasteiger charge is 2.20. The Morgan fingerprint density at radius 2 is 1.75 bits per heavy atom. The van der Waals surface area contributed by atoms with Gasteiger partial charge >= 0.3 is 0 Å². The molecule has 1 unspecified atom stereocenters. The van der Waals surface area contributed by atoms with Gasteiger partial charge in [0.2, 0.25) is 0 Å². The quantitative estimate of drug-likeness (QED) is 0.238. The molecule has 2 heterocycles. The molecule has 1 aliphatic rings. The first-order valence-corrected chi connectivity index (χ1v) is 15.9. The van der Waals surface area contributed by atoms with Crippen molar-refractivity contribution in [2.75, 3.05) is 13.2 Å². The Morgan fingerprint density at radius 3 is 2.39 bits per heavy atom. The number of rotatable bonds is 9. The number of nitrogens with zero attached hydrogens (tertiary/aromatic N) is 1. The molecule has 3 aromatic carbocycles. The normalized spacial score (nSPS) is 16.0. The molecule has 0 saturated carbocycles. The van der Waals surface area contributed by atoms with Crippen LogP contribution in [0, 0.1) is 26.2 Å². The summed E-state index contributed by atoms with van der Waals surface area (Å²) >= 11 is 1.34. The van der Waals surface area contributed by atoms with Gasteiger partial charge in [-0.25, -0.2) is 0 Å². The first kappa shape index (κ1) is 31.5. The monoisotopic (exact) mass is 611 g/mol. The van der Waals surface area contributed by atoms with Crippen LogP contribution in [0.5, 0.6) is 11.5 Å². The number of aryl methyl sites for hydroxylation is 3. The maximum Gasteiger partial charge on any atom is 0.269 e. The predicted octanol–water partition coefficient (Wildman–Crippen LogP) is 5.85. The Balaban J connectivity index is 1.45. The second kappa shape index (κ2) is 13.4. The summed E-state index contributed by atoms with van der Waals surface area (Å²) in [6, 6.07) is 20.2.